The summed E-state index contributed by atoms with van der Waals surface area (Å²) in [7, 11) is 1.60. The largest absolute Gasteiger partial charge is 0.493 e. The van der Waals surface area contributed by atoms with Crippen molar-refractivity contribution in [1.29, 1.82) is 5.26 Å². The fourth-order valence-electron chi connectivity index (χ4n) is 1.27. The molecular weight excluding hydrogens is 202 g/mol. The molecule has 0 heterocycles. The number of benzene rings is 1. The maximum atomic E-state index is 8.43. The van der Waals surface area contributed by atoms with Crippen LogP contribution in [0.2, 0.25) is 0 Å². The number of hydrogen-bond donors (Lipinski definition) is 0. The second-order valence-electron chi connectivity index (χ2n) is 3.54. The molecule has 0 amide bonds. The van der Waals surface area contributed by atoms with Gasteiger partial charge in [-0.25, -0.2) is 0 Å². The number of nitriles is 1. The van der Waals surface area contributed by atoms with Crippen LogP contribution in [0.3, 0.4) is 0 Å². The number of nitrogens with zero attached hydrogens (tertiary/aromatic N) is 1. The second kappa shape index (κ2) is 5.82. The Balaban J connectivity index is 2.98. The normalized spacial score (nSPS) is 10.4. The fraction of sp³-hybridized carbons (Fsp3) is 0.308. The quantitative estimate of drug-likeness (QED) is 0.728. The Kier molecular flexibility index (Phi) is 4.41. The molecule has 1 aromatic rings. The van der Waals surface area contributed by atoms with Gasteiger partial charge in [-0.3, -0.25) is 0 Å². The summed E-state index contributed by atoms with van der Waals surface area (Å²) >= 11 is 0. The minimum Gasteiger partial charge on any atom is -0.493 e. The molecule has 0 aliphatic heterocycles. The highest BCUT2D eigenvalue weighted by Crippen LogP contribution is 2.29. The van der Waals surface area contributed by atoms with Crippen molar-refractivity contribution in [2.24, 2.45) is 0 Å². The van der Waals surface area contributed by atoms with Crippen LogP contribution in [0.1, 0.15) is 19.4 Å². The zero-order chi connectivity index (χ0) is 12.0. The van der Waals surface area contributed by atoms with E-state index in [0.717, 1.165) is 5.56 Å². The summed E-state index contributed by atoms with van der Waals surface area (Å²) in [5.74, 6) is 1.39. The van der Waals surface area contributed by atoms with Gasteiger partial charge in [-0.2, -0.15) is 5.26 Å². The Morgan fingerprint density at radius 2 is 2.06 bits per heavy atom. The molecule has 0 saturated carbocycles. The minimum absolute atomic E-state index is 0.106. The summed E-state index contributed by atoms with van der Waals surface area (Å²) < 4.78 is 10.8. The lowest BCUT2D eigenvalue weighted by Gasteiger charge is -2.13. The zero-order valence-electron chi connectivity index (χ0n) is 9.73. The first-order valence-corrected chi connectivity index (χ1v) is 5.08. The highest BCUT2D eigenvalue weighted by molar-refractivity contribution is 5.57. The predicted molar refractivity (Wildman–Crippen MR) is 63.4 cm³/mol. The summed E-state index contributed by atoms with van der Waals surface area (Å²) in [6, 6.07) is 7.51. The molecule has 3 heteroatoms. The first-order valence-electron chi connectivity index (χ1n) is 5.08. The Morgan fingerprint density at radius 1 is 1.31 bits per heavy atom. The van der Waals surface area contributed by atoms with E-state index in [1.54, 1.807) is 13.2 Å². The molecule has 0 radical (unpaired) electrons. The minimum atomic E-state index is 0.106. The van der Waals surface area contributed by atoms with Crippen molar-refractivity contribution in [2.45, 2.75) is 20.0 Å². The lowest BCUT2D eigenvalue weighted by Crippen LogP contribution is -2.06. The summed E-state index contributed by atoms with van der Waals surface area (Å²) in [4.78, 5) is 0. The number of hydrogen-bond acceptors (Lipinski definition) is 3. The van der Waals surface area contributed by atoms with Crippen molar-refractivity contribution in [3.8, 4) is 17.6 Å². The molecule has 0 aliphatic rings. The Morgan fingerprint density at radius 3 is 2.62 bits per heavy atom. The number of rotatable bonds is 4. The molecule has 0 fully saturated rings. The van der Waals surface area contributed by atoms with Gasteiger partial charge >= 0.3 is 0 Å². The van der Waals surface area contributed by atoms with Crippen LogP contribution in [-0.4, -0.2) is 13.2 Å². The molecule has 16 heavy (non-hydrogen) atoms. The lowest BCUT2D eigenvalue weighted by atomic mass is 10.2. The first-order chi connectivity index (χ1) is 7.67. The van der Waals surface area contributed by atoms with Gasteiger partial charge in [0, 0.05) is 6.08 Å². The van der Waals surface area contributed by atoms with E-state index in [4.69, 9.17) is 14.7 Å². The molecule has 0 atom stereocenters. The molecule has 1 rings (SSSR count). The van der Waals surface area contributed by atoms with Gasteiger partial charge in [0.1, 0.15) is 0 Å². The first kappa shape index (κ1) is 12.1. The third-order valence-corrected chi connectivity index (χ3v) is 1.90. The SMILES string of the molecule is COc1cc(C=CC#N)ccc1OC(C)C. The Hall–Kier alpha value is -1.95. The van der Waals surface area contributed by atoms with Crippen LogP contribution in [0.5, 0.6) is 11.5 Å². The van der Waals surface area contributed by atoms with Gasteiger partial charge < -0.3 is 9.47 Å². The lowest BCUT2D eigenvalue weighted by molar-refractivity contribution is 0.230. The van der Waals surface area contributed by atoms with Crippen LogP contribution in [-0.2, 0) is 0 Å². The van der Waals surface area contributed by atoms with Crippen LogP contribution in [0.15, 0.2) is 24.3 Å². The van der Waals surface area contributed by atoms with Crippen LogP contribution < -0.4 is 9.47 Å². The number of methoxy groups -OCH3 is 1. The van der Waals surface area contributed by atoms with Crippen molar-refractivity contribution >= 4 is 6.08 Å². The monoisotopic (exact) mass is 217 g/mol. The molecule has 1 aromatic carbocycles. The maximum absolute atomic E-state index is 8.43. The van der Waals surface area contributed by atoms with E-state index in [9.17, 15) is 0 Å². The topological polar surface area (TPSA) is 42.2 Å². The van der Waals surface area contributed by atoms with Gasteiger partial charge in [0.2, 0.25) is 0 Å². The maximum Gasteiger partial charge on any atom is 0.161 e. The van der Waals surface area contributed by atoms with Gasteiger partial charge in [0.25, 0.3) is 0 Å². The molecular formula is C13H15NO2. The van der Waals surface area contributed by atoms with E-state index in [-0.39, 0.29) is 6.10 Å². The van der Waals surface area contributed by atoms with Crippen molar-refractivity contribution < 1.29 is 9.47 Å². The standard InChI is InChI=1S/C13H15NO2/c1-10(2)16-12-7-6-11(5-4-8-14)9-13(12)15-3/h4-7,9-10H,1-3H3. The summed E-state index contributed by atoms with van der Waals surface area (Å²) in [6.45, 7) is 3.92. The van der Waals surface area contributed by atoms with E-state index in [2.05, 4.69) is 0 Å². The number of ether oxygens (including phenoxy) is 2. The van der Waals surface area contributed by atoms with Gasteiger partial charge in [-0.1, -0.05) is 6.07 Å². The number of allylic oxidation sites excluding steroid dienone is 1. The molecule has 0 bridgehead atoms. The van der Waals surface area contributed by atoms with Crippen molar-refractivity contribution in [2.75, 3.05) is 7.11 Å². The zero-order valence-corrected chi connectivity index (χ0v) is 9.73. The third kappa shape index (κ3) is 3.32. The second-order valence-corrected chi connectivity index (χ2v) is 3.54. The van der Waals surface area contributed by atoms with Crippen molar-refractivity contribution in [1.82, 2.24) is 0 Å². The van der Waals surface area contributed by atoms with Crippen LogP contribution in [0.4, 0.5) is 0 Å². The van der Waals surface area contributed by atoms with E-state index >= 15 is 0 Å². The Labute approximate surface area is 95.9 Å². The molecule has 0 saturated heterocycles. The summed E-state index contributed by atoms with van der Waals surface area (Å²) in [5, 5.41) is 8.43. The molecule has 0 aliphatic carbocycles. The van der Waals surface area contributed by atoms with E-state index in [0.29, 0.717) is 11.5 Å². The molecule has 3 nitrogen and oxygen atoms in total. The fourth-order valence-corrected chi connectivity index (χ4v) is 1.27. The molecule has 0 spiro atoms. The summed E-state index contributed by atoms with van der Waals surface area (Å²) in [6.07, 6.45) is 3.26. The van der Waals surface area contributed by atoms with Crippen molar-refractivity contribution in [3.05, 3.63) is 29.8 Å². The predicted octanol–water partition coefficient (Wildman–Crippen LogP) is 3.02. The van der Waals surface area contributed by atoms with Crippen molar-refractivity contribution in [3.63, 3.8) is 0 Å². The summed E-state index contributed by atoms with van der Waals surface area (Å²) in [5.41, 5.74) is 0.912. The van der Waals surface area contributed by atoms with E-state index < -0.39 is 0 Å². The smallest absolute Gasteiger partial charge is 0.161 e. The highest BCUT2D eigenvalue weighted by atomic mass is 16.5. The Bertz CT molecular complexity index is 416. The highest BCUT2D eigenvalue weighted by Gasteiger charge is 2.06. The van der Waals surface area contributed by atoms with E-state index in [1.165, 1.54) is 6.08 Å². The van der Waals surface area contributed by atoms with Gasteiger partial charge in [-0.15, -0.1) is 0 Å². The van der Waals surface area contributed by atoms with Crippen LogP contribution >= 0.6 is 0 Å². The molecule has 0 aromatic heterocycles. The van der Waals surface area contributed by atoms with Gasteiger partial charge in [0.15, 0.2) is 11.5 Å². The average molecular weight is 217 g/mol. The van der Waals surface area contributed by atoms with E-state index in [1.807, 2.05) is 38.1 Å². The third-order valence-electron chi connectivity index (χ3n) is 1.90. The van der Waals surface area contributed by atoms with Gasteiger partial charge in [-0.05, 0) is 37.6 Å². The molecule has 84 valence electrons. The molecule has 0 unspecified atom stereocenters. The van der Waals surface area contributed by atoms with Crippen LogP contribution in [0.25, 0.3) is 6.08 Å². The average Bonchev–Trinajstić information content (AvgIpc) is 2.27. The van der Waals surface area contributed by atoms with Crippen LogP contribution in [0, 0.1) is 11.3 Å². The molecule has 0 N–H and O–H groups in total. The van der Waals surface area contributed by atoms with Gasteiger partial charge in [0.05, 0.1) is 19.3 Å².